The highest BCUT2D eigenvalue weighted by Gasteiger charge is 2.24. The van der Waals surface area contributed by atoms with Gasteiger partial charge in [-0.05, 0) is 44.0 Å². The van der Waals surface area contributed by atoms with Gasteiger partial charge in [-0.25, -0.2) is 14.8 Å². The molecule has 0 radical (unpaired) electrons. The van der Waals surface area contributed by atoms with Crippen LogP contribution in [0.3, 0.4) is 0 Å². The van der Waals surface area contributed by atoms with E-state index in [4.69, 9.17) is 13.9 Å². The summed E-state index contributed by atoms with van der Waals surface area (Å²) in [7, 11) is -3.61. The molecule has 2 heterocycles. The van der Waals surface area contributed by atoms with Crippen LogP contribution in [0.15, 0.2) is 30.3 Å². The molecule has 32 heavy (non-hydrogen) atoms. The van der Waals surface area contributed by atoms with Crippen molar-refractivity contribution >= 4 is 27.7 Å². The third kappa shape index (κ3) is 6.15. The average molecular weight is 462 g/mol. The third-order valence-corrected chi connectivity index (χ3v) is 5.71. The Kier molecular flexibility index (Phi) is 6.58. The first-order valence-electron chi connectivity index (χ1n) is 10.5. The molecular formula is C21H27N5O5S. The molecule has 1 saturated carbocycles. The van der Waals surface area contributed by atoms with Crippen LogP contribution in [0.4, 0.5) is 16.3 Å². The normalized spacial score (nSPS) is 18.9. The number of urea groups is 1. The highest BCUT2D eigenvalue weighted by Crippen LogP contribution is 2.25. The number of hydrogen-bond acceptors (Lipinski definition) is 8. The number of amides is 2. The summed E-state index contributed by atoms with van der Waals surface area (Å²) < 4.78 is 33.4. The largest absolute Gasteiger partial charge is 0.377 e. The van der Waals surface area contributed by atoms with Gasteiger partial charge in [0.25, 0.3) is 10.1 Å². The van der Waals surface area contributed by atoms with Crippen LogP contribution >= 0.6 is 0 Å². The van der Waals surface area contributed by atoms with E-state index in [0.717, 1.165) is 24.7 Å². The van der Waals surface area contributed by atoms with E-state index >= 15 is 0 Å². The van der Waals surface area contributed by atoms with E-state index in [0.29, 0.717) is 42.8 Å². The van der Waals surface area contributed by atoms with Gasteiger partial charge in [-0.3, -0.25) is 4.18 Å². The average Bonchev–Trinajstić information content (AvgIpc) is 3.56. The number of rotatable bonds is 7. The van der Waals surface area contributed by atoms with Gasteiger partial charge in [0.05, 0.1) is 31.2 Å². The molecule has 1 unspecified atom stereocenters. The first-order valence-corrected chi connectivity index (χ1v) is 12.3. The maximum Gasteiger partial charge on any atom is 0.319 e. The zero-order chi connectivity index (χ0) is 22.7. The van der Waals surface area contributed by atoms with Gasteiger partial charge < -0.3 is 20.3 Å². The summed E-state index contributed by atoms with van der Waals surface area (Å²) in [6.45, 7) is 3.70. The van der Waals surface area contributed by atoms with Crippen molar-refractivity contribution < 1.29 is 22.1 Å². The first-order chi connectivity index (χ1) is 15.3. The van der Waals surface area contributed by atoms with Crippen molar-refractivity contribution in [2.45, 2.75) is 38.5 Å². The molecule has 2 aliphatic rings. The van der Waals surface area contributed by atoms with Crippen LogP contribution in [-0.2, 0) is 25.6 Å². The summed E-state index contributed by atoms with van der Waals surface area (Å²) in [5, 5.41) is 5.69. The SMILES string of the molecule is CC1COCCN1c1cc(COS(C)(=O)=O)nc(-c2ccc(NC(=O)NC3CC3)cc2)n1. The molecule has 1 atom stereocenters. The summed E-state index contributed by atoms with van der Waals surface area (Å²) >= 11 is 0. The van der Waals surface area contributed by atoms with Gasteiger partial charge in [0.2, 0.25) is 0 Å². The number of anilines is 2. The van der Waals surface area contributed by atoms with Gasteiger partial charge in [-0.2, -0.15) is 8.42 Å². The summed E-state index contributed by atoms with van der Waals surface area (Å²) in [4.78, 5) is 23.3. The molecule has 2 N–H and O–H groups in total. The maximum absolute atomic E-state index is 11.9. The van der Waals surface area contributed by atoms with Gasteiger partial charge in [-0.1, -0.05) is 0 Å². The molecule has 11 heteroatoms. The molecule has 2 fully saturated rings. The molecule has 2 amide bonds. The van der Waals surface area contributed by atoms with E-state index in [1.165, 1.54) is 0 Å². The monoisotopic (exact) mass is 461 g/mol. The molecule has 1 aromatic heterocycles. The Labute approximate surface area is 187 Å². The van der Waals surface area contributed by atoms with Crippen LogP contribution in [0, 0.1) is 0 Å². The van der Waals surface area contributed by atoms with Gasteiger partial charge >= 0.3 is 6.03 Å². The standard InChI is InChI=1S/C21H27N5O5S/c1-14-12-30-10-9-26(14)19-11-18(13-31-32(2,28)29)22-20(25-19)15-3-5-16(6-4-15)23-21(27)24-17-7-8-17/h3-6,11,14,17H,7-10,12-13H2,1-2H3,(H2,23,24,27). The Morgan fingerprint density at radius 3 is 2.66 bits per heavy atom. The van der Waals surface area contributed by atoms with Crippen molar-refractivity contribution in [2.24, 2.45) is 0 Å². The number of nitrogens with one attached hydrogen (secondary N) is 2. The lowest BCUT2D eigenvalue weighted by molar-refractivity contribution is 0.0985. The summed E-state index contributed by atoms with van der Waals surface area (Å²) in [5.74, 6) is 1.13. The summed E-state index contributed by atoms with van der Waals surface area (Å²) in [6, 6.07) is 9.11. The fraction of sp³-hybridized carbons (Fsp3) is 0.476. The molecule has 2 aromatic rings. The van der Waals surface area contributed by atoms with E-state index in [2.05, 4.69) is 20.5 Å². The van der Waals surface area contributed by atoms with Crippen LogP contribution in [0.5, 0.6) is 0 Å². The number of carbonyl (C=O) groups is 1. The molecule has 1 aromatic carbocycles. The van der Waals surface area contributed by atoms with Crippen molar-refractivity contribution in [2.75, 3.05) is 36.2 Å². The molecule has 0 spiro atoms. The number of hydrogen-bond donors (Lipinski definition) is 2. The highest BCUT2D eigenvalue weighted by atomic mass is 32.2. The summed E-state index contributed by atoms with van der Waals surface area (Å²) in [5.41, 5.74) is 1.85. The van der Waals surface area contributed by atoms with Crippen LogP contribution in [0.2, 0.25) is 0 Å². The van der Waals surface area contributed by atoms with Crippen molar-refractivity contribution in [1.29, 1.82) is 0 Å². The number of morpholine rings is 1. The maximum atomic E-state index is 11.9. The summed E-state index contributed by atoms with van der Waals surface area (Å²) in [6.07, 6.45) is 3.05. The third-order valence-electron chi connectivity index (χ3n) is 5.16. The number of benzene rings is 1. The smallest absolute Gasteiger partial charge is 0.319 e. The Balaban J connectivity index is 1.57. The lowest BCUT2D eigenvalue weighted by atomic mass is 10.2. The Bertz CT molecular complexity index is 1070. The van der Waals surface area contributed by atoms with Gasteiger partial charge in [0, 0.05) is 29.9 Å². The number of carbonyl (C=O) groups excluding carboxylic acids is 1. The van der Waals surface area contributed by atoms with Crippen molar-refractivity contribution in [3.63, 3.8) is 0 Å². The van der Waals surface area contributed by atoms with Gasteiger partial charge in [-0.15, -0.1) is 0 Å². The quantitative estimate of drug-likeness (QED) is 0.601. The molecule has 1 saturated heterocycles. The van der Waals surface area contributed by atoms with E-state index in [-0.39, 0.29) is 24.7 Å². The van der Waals surface area contributed by atoms with Crippen LogP contribution in [0.25, 0.3) is 11.4 Å². The number of aromatic nitrogens is 2. The van der Waals surface area contributed by atoms with Gasteiger partial charge in [0.1, 0.15) is 12.4 Å². The predicted octanol–water partition coefficient (Wildman–Crippen LogP) is 2.13. The molecule has 172 valence electrons. The molecule has 0 bridgehead atoms. The Morgan fingerprint density at radius 2 is 2.00 bits per heavy atom. The van der Waals surface area contributed by atoms with Crippen LogP contribution < -0.4 is 15.5 Å². The van der Waals surface area contributed by atoms with Crippen LogP contribution in [-0.4, -0.2) is 62.5 Å². The van der Waals surface area contributed by atoms with E-state index < -0.39 is 10.1 Å². The fourth-order valence-corrected chi connectivity index (χ4v) is 3.69. The minimum atomic E-state index is -3.61. The lowest BCUT2D eigenvalue weighted by Crippen LogP contribution is -2.44. The van der Waals surface area contributed by atoms with Crippen LogP contribution in [0.1, 0.15) is 25.5 Å². The fourth-order valence-electron chi connectivity index (χ4n) is 3.35. The second kappa shape index (κ2) is 9.39. The van der Waals surface area contributed by atoms with Gasteiger partial charge in [0.15, 0.2) is 5.82 Å². The second-order valence-electron chi connectivity index (χ2n) is 8.07. The van der Waals surface area contributed by atoms with E-state index in [1.807, 2.05) is 19.1 Å². The number of ether oxygens (including phenoxy) is 1. The van der Waals surface area contributed by atoms with Crippen molar-refractivity contribution in [3.05, 3.63) is 36.0 Å². The molecular weight excluding hydrogens is 434 g/mol. The minimum absolute atomic E-state index is 0.117. The Morgan fingerprint density at radius 1 is 1.25 bits per heavy atom. The van der Waals surface area contributed by atoms with Crippen molar-refractivity contribution in [1.82, 2.24) is 15.3 Å². The minimum Gasteiger partial charge on any atom is -0.377 e. The second-order valence-corrected chi connectivity index (χ2v) is 9.72. The topological polar surface area (TPSA) is 123 Å². The number of nitrogens with zero attached hydrogens (tertiary/aromatic N) is 3. The highest BCUT2D eigenvalue weighted by molar-refractivity contribution is 7.85. The molecule has 1 aliphatic heterocycles. The van der Waals surface area contributed by atoms with E-state index in [9.17, 15) is 13.2 Å². The lowest BCUT2D eigenvalue weighted by Gasteiger charge is -2.34. The molecule has 4 rings (SSSR count). The first kappa shape index (κ1) is 22.4. The van der Waals surface area contributed by atoms with E-state index in [1.54, 1.807) is 18.2 Å². The Hall–Kier alpha value is -2.76. The molecule has 10 nitrogen and oxygen atoms in total. The zero-order valence-corrected chi connectivity index (χ0v) is 18.9. The van der Waals surface area contributed by atoms with Crippen molar-refractivity contribution in [3.8, 4) is 11.4 Å². The zero-order valence-electron chi connectivity index (χ0n) is 18.1. The predicted molar refractivity (Wildman–Crippen MR) is 120 cm³/mol. The molecule has 1 aliphatic carbocycles.